The second-order valence-electron chi connectivity index (χ2n) is 5.23. The second-order valence-corrected chi connectivity index (χ2v) is 5.23. The van der Waals surface area contributed by atoms with E-state index in [9.17, 15) is 0 Å². The van der Waals surface area contributed by atoms with E-state index in [1.807, 2.05) is 48.5 Å². The van der Waals surface area contributed by atoms with Gasteiger partial charge in [-0.05, 0) is 18.2 Å². The Morgan fingerprint density at radius 3 is 2.78 bits per heavy atom. The van der Waals surface area contributed by atoms with Crippen LogP contribution in [0, 0.1) is 12.3 Å². The zero-order valence-corrected chi connectivity index (χ0v) is 12.8. The molecule has 118 valence electrons. The van der Waals surface area contributed by atoms with Crippen molar-refractivity contribution >= 4 is 0 Å². The fraction of sp³-hybridized carbons (Fsp3) is 0.263. The standard InChI is InChI=1S/C19H19NO3/c1-2-11-21-17-8-4-3-7-15(17)12-20-13-16-14-22-18-9-5-6-10-19(18)23-16/h1,3-10,16,20H,11-14H2/t16-/m0/s1. The lowest BCUT2D eigenvalue weighted by atomic mass is 10.2. The normalized spacial score (nSPS) is 15.7. The summed E-state index contributed by atoms with van der Waals surface area (Å²) in [5, 5.41) is 3.38. The first-order valence-corrected chi connectivity index (χ1v) is 7.60. The number of hydrogen-bond acceptors (Lipinski definition) is 4. The van der Waals surface area contributed by atoms with Crippen LogP contribution in [0.2, 0.25) is 0 Å². The van der Waals surface area contributed by atoms with Crippen molar-refractivity contribution in [2.75, 3.05) is 19.8 Å². The maximum Gasteiger partial charge on any atom is 0.161 e. The summed E-state index contributed by atoms with van der Waals surface area (Å²) in [6.07, 6.45) is 5.23. The van der Waals surface area contributed by atoms with Gasteiger partial charge in [-0.1, -0.05) is 36.3 Å². The van der Waals surface area contributed by atoms with Crippen LogP contribution in [-0.2, 0) is 6.54 Å². The molecule has 2 aromatic rings. The SMILES string of the molecule is C#CCOc1ccccc1CNC[C@H]1COc2ccccc2O1. The monoisotopic (exact) mass is 309 g/mol. The Morgan fingerprint density at radius 2 is 1.91 bits per heavy atom. The molecule has 0 aromatic heterocycles. The minimum atomic E-state index is -0.0105. The van der Waals surface area contributed by atoms with Crippen LogP contribution in [0.15, 0.2) is 48.5 Å². The lowest BCUT2D eigenvalue weighted by molar-refractivity contribution is 0.0902. The van der Waals surface area contributed by atoms with Crippen LogP contribution >= 0.6 is 0 Å². The van der Waals surface area contributed by atoms with Crippen LogP contribution in [0.1, 0.15) is 5.56 Å². The summed E-state index contributed by atoms with van der Waals surface area (Å²) >= 11 is 0. The summed E-state index contributed by atoms with van der Waals surface area (Å²) in [5.41, 5.74) is 1.07. The molecule has 4 heteroatoms. The Hall–Kier alpha value is -2.64. The van der Waals surface area contributed by atoms with Gasteiger partial charge in [-0.2, -0.15) is 0 Å². The first-order valence-electron chi connectivity index (χ1n) is 7.60. The molecule has 0 bridgehead atoms. The number of fused-ring (bicyclic) bond motifs is 1. The van der Waals surface area contributed by atoms with E-state index in [1.165, 1.54) is 0 Å². The van der Waals surface area contributed by atoms with Crippen LogP contribution in [0.3, 0.4) is 0 Å². The van der Waals surface area contributed by atoms with Gasteiger partial charge in [-0.25, -0.2) is 0 Å². The highest BCUT2D eigenvalue weighted by molar-refractivity contribution is 5.40. The predicted molar refractivity (Wildman–Crippen MR) is 88.8 cm³/mol. The van der Waals surface area contributed by atoms with Crippen molar-refractivity contribution in [3.05, 3.63) is 54.1 Å². The van der Waals surface area contributed by atoms with Crippen LogP contribution in [0.4, 0.5) is 0 Å². The van der Waals surface area contributed by atoms with Crippen LogP contribution < -0.4 is 19.5 Å². The summed E-state index contributed by atoms with van der Waals surface area (Å²) in [5.74, 6) is 4.89. The molecular formula is C19H19NO3. The summed E-state index contributed by atoms with van der Waals surface area (Å²) in [6.45, 7) is 2.19. The molecule has 0 unspecified atom stereocenters. The number of rotatable bonds is 6. The van der Waals surface area contributed by atoms with Gasteiger partial charge in [0.15, 0.2) is 11.5 Å². The van der Waals surface area contributed by atoms with Crippen molar-refractivity contribution in [2.45, 2.75) is 12.6 Å². The Kier molecular flexibility index (Phi) is 5.02. The minimum Gasteiger partial charge on any atom is -0.486 e. The molecule has 0 aliphatic carbocycles. The van der Waals surface area contributed by atoms with Gasteiger partial charge in [-0.15, -0.1) is 6.42 Å². The number of hydrogen-bond donors (Lipinski definition) is 1. The van der Waals surface area contributed by atoms with Crippen molar-refractivity contribution in [2.24, 2.45) is 0 Å². The van der Waals surface area contributed by atoms with Crippen molar-refractivity contribution < 1.29 is 14.2 Å². The highest BCUT2D eigenvalue weighted by atomic mass is 16.6. The van der Waals surface area contributed by atoms with E-state index in [0.29, 0.717) is 19.7 Å². The molecule has 0 radical (unpaired) electrons. The van der Waals surface area contributed by atoms with Gasteiger partial charge in [0, 0.05) is 18.7 Å². The zero-order valence-electron chi connectivity index (χ0n) is 12.8. The van der Waals surface area contributed by atoms with Crippen molar-refractivity contribution in [1.29, 1.82) is 0 Å². The predicted octanol–water partition coefficient (Wildman–Crippen LogP) is 2.63. The summed E-state index contributed by atoms with van der Waals surface area (Å²) in [7, 11) is 0. The van der Waals surface area contributed by atoms with E-state index < -0.39 is 0 Å². The number of benzene rings is 2. The van der Waals surface area contributed by atoms with Gasteiger partial charge in [0.2, 0.25) is 0 Å². The van der Waals surface area contributed by atoms with Crippen molar-refractivity contribution in [1.82, 2.24) is 5.32 Å². The second kappa shape index (κ2) is 7.57. The maximum atomic E-state index is 5.92. The van der Waals surface area contributed by atoms with Gasteiger partial charge in [0.05, 0.1) is 0 Å². The highest BCUT2D eigenvalue weighted by Gasteiger charge is 2.20. The first kappa shape index (κ1) is 15.3. The van der Waals surface area contributed by atoms with E-state index in [1.54, 1.807) is 0 Å². The fourth-order valence-corrected chi connectivity index (χ4v) is 2.44. The molecule has 23 heavy (non-hydrogen) atoms. The molecular weight excluding hydrogens is 290 g/mol. The zero-order chi connectivity index (χ0) is 15.9. The van der Waals surface area contributed by atoms with E-state index in [4.69, 9.17) is 20.6 Å². The molecule has 1 N–H and O–H groups in total. The average Bonchev–Trinajstić information content (AvgIpc) is 2.61. The lowest BCUT2D eigenvalue weighted by Gasteiger charge is -2.26. The quantitative estimate of drug-likeness (QED) is 0.833. The number of nitrogens with one attached hydrogen (secondary N) is 1. The number of terminal acetylenes is 1. The Labute approximate surface area is 136 Å². The van der Waals surface area contributed by atoms with E-state index in [2.05, 4.69) is 11.2 Å². The Bertz CT molecular complexity index is 693. The van der Waals surface area contributed by atoms with Crippen LogP contribution in [-0.4, -0.2) is 25.9 Å². The van der Waals surface area contributed by atoms with Gasteiger partial charge < -0.3 is 19.5 Å². The van der Waals surface area contributed by atoms with Gasteiger partial charge in [0.1, 0.15) is 25.1 Å². The van der Waals surface area contributed by atoms with E-state index in [0.717, 1.165) is 22.8 Å². The molecule has 0 spiro atoms. The molecule has 1 aliphatic heterocycles. The molecule has 3 rings (SSSR count). The Morgan fingerprint density at radius 1 is 1.13 bits per heavy atom. The minimum absolute atomic E-state index is 0.0105. The molecule has 1 aliphatic rings. The van der Waals surface area contributed by atoms with Crippen molar-refractivity contribution in [3.63, 3.8) is 0 Å². The van der Waals surface area contributed by atoms with Gasteiger partial charge in [-0.3, -0.25) is 0 Å². The molecule has 1 heterocycles. The topological polar surface area (TPSA) is 39.7 Å². The highest BCUT2D eigenvalue weighted by Crippen LogP contribution is 2.30. The molecule has 0 saturated heterocycles. The first-order chi connectivity index (χ1) is 11.4. The van der Waals surface area contributed by atoms with Gasteiger partial charge >= 0.3 is 0 Å². The van der Waals surface area contributed by atoms with E-state index in [-0.39, 0.29) is 12.7 Å². The van der Waals surface area contributed by atoms with Crippen LogP contribution in [0.5, 0.6) is 17.2 Å². The lowest BCUT2D eigenvalue weighted by Crippen LogP contribution is -2.38. The smallest absolute Gasteiger partial charge is 0.161 e. The third-order valence-corrected chi connectivity index (χ3v) is 3.54. The number of para-hydroxylation sites is 3. The summed E-state index contributed by atoms with van der Waals surface area (Å²) < 4.78 is 17.2. The number of ether oxygens (including phenoxy) is 3. The maximum absolute atomic E-state index is 5.92. The fourth-order valence-electron chi connectivity index (χ4n) is 2.44. The van der Waals surface area contributed by atoms with Crippen molar-refractivity contribution in [3.8, 4) is 29.6 Å². The van der Waals surface area contributed by atoms with Crippen LogP contribution in [0.25, 0.3) is 0 Å². The van der Waals surface area contributed by atoms with E-state index >= 15 is 0 Å². The Balaban J connectivity index is 1.52. The largest absolute Gasteiger partial charge is 0.486 e. The molecule has 0 fully saturated rings. The third kappa shape index (κ3) is 3.97. The summed E-state index contributed by atoms with van der Waals surface area (Å²) in [4.78, 5) is 0. The molecule has 1 atom stereocenters. The average molecular weight is 309 g/mol. The summed E-state index contributed by atoms with van der Waals surface area (Å²) in [6, 6.07) is 15.6. The molecule has 2 aromatic carbocycles. The van der Waals surface area contributed by atoms with Gasteiger partial charge in [0.25, 0.3) is 0 Å². The molecule has 0 amide bonds. The third-order valence-electron chi connectivity index (χ3n) is 3.54. The molecule has 0 saturated carbocycles. The molecule has 4 nitrogen and oxygen atoms in total.